The van der Waals surface area contributed by atoms with Crippen LogP contribution in [-0.2, 0) is 16.1 Å². The monoisotopic (exact) mass is 881 g/mol. The van der Waals surface area contributed by atoms with E-state index in [-0.39, 0.29) is 40.9 Å². The van der Waals surface area contributed by atoms with E-state index in [1.54, 1.807) is 29.2 Å². The van der Waals surface area contributed by atoms with Crippen molar-refractivity contribution in [3.8, 4) is 23.3 Å². The average molecular weight is 882 g/mol. The Morgan fingerprint density at radius 1 is 0.603 bits per heavy atom. The summed E-state index contributed by atoms with van der Waals surface area (Å²) in [6, 6.07) is 31.2. The number of benzene rings is 3. The van der Waals surface area contributed by atoms with Crippen LogP contribution in [0.1, 0.15) is 88.3 Å². The van der Waals surface area contributed by atoms with Crippen LogP contribution in [0, 0.1) is 10.8 Å². The molecule has 2 atom stereocenters. The van der Waals surface area contributed by atoms with Gasteiger partial charge in [-0.1, -0.05) is 129 Å². The molecule has 7 aromatic rings. The van der Waals surface area contributed by atoms with Crippen molar-refractivity contribution in [2.75, 3.05) is 10.6 Å². The molecular weight excluding hydrogens is 843 g/mol. The van der Waals surface area contributed by atoms with E-state index in [9.17, 15) is 24.3 Å². The number of ether oxygens (including phenoxy) is 2. The Labute approximate surface area is 368 Å². The van der Waals surface area contributed by atoms with Crippen molar-refractivity contribution in [3.63, 3.8) is 0 Å². The van der Waals surface area contributed by atoms with Crippen LogP contribution in [0.15, 0.2) is 114 Å². The zero-order chi connectivity index (χ0) is 44.3. The molecule has 3 aromatic carbocycles. The van der Waals surface area contributed by atoms with Gasteiger partial charge in [0, 0.05) is 40.6 Å². The predicted molar refractivity (Wildman–Crippen MR) is 234 cm³/mol. The van der Waals surface area contributed by atoms with E-state index in [4.69, 9.17) is 9.47 Å². The SMILES string of the molecule is CC(C)(C(=O)Nc1nncs1)[C@H]1c2ccccc2Oc2nc(C(=O)NCc3ccccc3)ccc21.CC(C)(C(=O)Nc1nncs1)[C@H]1c2ccccc2Oc2nc(C(=O)O)ccc21. The minimum Gasteiger partial charge on any atom is -0.477 e. The van der Waals surface area contributed by atoms with Crippen molar-refractivity contribution in [2.24, 2.45) is 10.8 Å². The molecule has 0 saturated carbocycles. The molecule has 2 aliphatic rings. The number of nitrogens with zero attached hydrogens (tertiary/aromatic N) is 6. The molecule has 0 fully saturated rings. The van der Waals surface area contributed by atoms with Gasteiger partial charge in [0.1, 0.15) is 28.2 Å². The second-order valence-corrected chi connectivity index (χ2v) is 17.3. The van der Waals surface area contributed by atoms with Crippen molar-refractivity contribution in [1.82, 2.24) is 35.7 Å². The van der Waals surface area contributed by atoms with Gasteiger partial charge in [0.2, 0.25) is 33.8 Å². The van der Waals surface area contributed by atoms with Crippen molar-refractivity contribution >= 4 is 56.6 Å². The highest BCUT2D eigenvalue weighted by Crippen LogP contribution is 2.53. The van der Waals surface area contributed by atoms with Crippen LogP contribution in [0.3, 0.4) is 0 Å². The number of anilines is 2. The fraction of sp³-hybridized carbons (Fsp3) is 0.200. The van der Waals surface area contributed by atoms with Crippen LogP contribution < -0.4 is 25.4 Å². The van der Waals surface area contributed by atoms with Gasteiger partial charge in [0.15, 0.2) is 5.69 Å². The molecular formula is C45H39N9O7S2. The number of aromatic carboxylic acids is 1. The first-order valence-corrected chi connectivity index (χ1v) is 21.3. The predicted octanol–water partition coefficient (Wildman–Crippen LogP) is 8.30. The maximum Gasteiger partial charge on any atom is 0.354 e. The van der Waals surface area contributed by atoms with Gasteiger partial charge in [-0.15, -0.1) is 20.4 Å². The average Bonchev–Trinajstić information content (AvgIpc) is 4.01. The Bertz CT molecular complexity index is 2820. The summed E-state index contributed by atoms with van der Waals surface area (Å²) >= 11 is 2.49. The summed E-state index contributed by atoms with van der Waals surface area (Å²) in [6.45, 7) is 7.79. The molecule has 2 aliphatic heterocycles. The van der Waals surface area contributed by atoms with Gasteiger partial charge < -0.3 is 30.5 Å². The van der Waals surface area contributed by atoms with Gasteiger partial charge in [-0.25, -0.2) is 14.8 Å². The largest absolute Gasteiger partial charge is 0.477 e. The number of rotatable bonds is 10. The summed E-state index contributed by atoms with van der Waals surface area (Å²) < 4.78 is 12.0. The molecule has 0 spiro atoms. The lowest BCUT2D eigenvalue weighted by atomic mass is 9.69. The zero-order valence-corrected chi connectivity index (χ0v) is 35.9. The van der Waals surface area contributed by atoms with Crippen LogP contribution in [0.5, 0.6) is 23.3 Å². The smallest absolute Gasteiger partial charge is 0.354 e. The summed E-state index contributed by atoms with van der Waals surface area (Å²) in [5, 5.41) is 34.0. The maximum atomic E-state index is 13.3. The standard InChI is InChI=1S/C26H23N5O3S.C19H16N4O4S/c1-26(2,24(33)30-25-31-28-15-35-25)21-17-10-6-7-11-20(17)34-23-18(21)12-13-19(29-23)22(32)27-14-16-8-4-3-5-9-16;1-19(2,17(26)22-18-23-20-9-28-18)14-10-5-3-4-6-13(10)27-15-11(14)7-8-12(21-15)16(24)25/h3-13,15,21H,14H2,1-2H3,(H,27,32)(H,30,31,33);3-9,14H,1-2H3,(H,24,25)(H,22,23,26)/t21-;14-/m00/s1. The third-order valence-corrected chi connectivity index (χ3v) is 12.0. The molecule has 63 heavy (non-hydrogen) atoms. The van der Waals surface area contributed by atoms with Crippen molar-refractivity contribution in [3.05, 3.63) is 153 Å². The summed E-state index contributed by atoms with van der Waals surface area (Å²) in [5.74, 6) is -0.967. The molecule has 9 rings (SSSR count). The molecule has 4 aromatic heterocycles. The van der Waals surface area contributed by atoms with Gasteiger partial charge >= 0.3 is 5.97 Å². The summed E-state index contributed by atoms with van der Waals surface area (Å²) in [7, 11) is 0. The molecule has 18 heteroatoms. The fourth-order valence-electron chi connectivity index (χ4n) is 7.58. The summed E-state index contributed by atoms with van der Waals surface area (Å²) in [5.41, 5.74) is 5.52. The molecule has 0 unspecified atom stereocenters. The minimum absolute atomic E-state index is 0.118. The molecule has 4 N–H and O–H groups in total. The molecule has 0 radical (unpaired) electrons. The van der Waals surface area contributed by atoms with Gasteiger partial charge in [0.05, 0.1) is 10.8 Å². The number of amides is 3. The van der Waals surface area contributed by atoms with Crippen molar-refractivity contribution in [2.45, 2.75) is 46.1 Å². The second-order valence-electron chi connectivity index (χ2n) is 15.6. The Morgan fingerprint density at radius 2 is 1.06 bits per heavy atom. The molecule has 318 valence electrons. The molecule has 0 saturated heterocycles. The van der Waals surface area contributed by atoms with Crippen LogP contribution in [0.25, 0.3) is 0 Å². The van der Waals surface area contributed by atoms with Gasteiger partial charge in [-0.2, -0.15) is 0 Å². The first kappa shape index (κ1) is 42.3. The van der Waals surface area contributed by atoms with Crippen LogP contribution >= 0.6 is 22.7 Å². The minimum atomic E-state index is -1.14. The third-order valence-electron chi connectivity index (χ3n) is 10.8. The Morgan fingerprint density at radius 3 is 1.54 bits per heavy atom. The highest BCUT2D eigenvalue weighted by Gasteiger charge is 2.46. The number of carboxylic acids is 1. The number of hydrogen-bond donors (Lipinski definition) is 4. The Hall–Kier alpha value is -7.44. The summed E-state index contributed by atoms with van der Waals surface area (Å²) in [6.07, 6.45) is 0. The van der Waals surface area contributed by atoms with E-state index in [0.717, 1.165) is 22.3 Å². The number of carboxylic acid groups (broad SMARTS) is 1. The van der Waals surface area contributed by atoms with E-state index >= 15 is 0 Å². The number of para-hydroxylation sites is 2. The molecule has 3 amide bonds. The lowest BCUT2D eigenvalue weighted by Crippen LogP contribution is -2.38. The fourth-order valence-corrected chi connectivity index (χ4v) is 8.46. The first-order valence-electron chi connectivity index (χ1n) is 19.6. The quantitative estimate of drug-likeness (QED) is 0.102. The summed E-state index contributed by atoms with van der Waals surface area (Å²) in [4.78, 5) is 59.2. The maximum absolute atomic E-state index is 13.3. The molecule has 0 aliphatic carbocycles. The van der Waals surface area contributed by atoms with E-state index < -0.39 is 22.7 Å². The van der Waals surface area contributed by atoms with Crippen LogP contribution in [-0.4, -0.2) is 59.2 Å². The molecule has 0 bridgehead atoms. The normalized spacial score (nSPS) is 14.7. The van der Waals surface area contributed by atoms with Gasteiger partial charge in [-0.3, -0.25) is 14.4 Å². The number of fused-ring (bicyclic) bond motifs is 4. The highest BCUT2D eigenvalue weighted by molar-refractivity contribution is 7.13. The van der Waals surface area contributed by atoms with E-state index in [1.807, 2.05) is 107 Å². The number of aromatic nitrogens is 6. The second kappa shape index (κ2) is 17.5. The first-order chi connectivity index (χ1) is 30.3. The van der Waals surface area contributed by atoms with Gasteiger partial charge in [-0.05, 0) is 29.8 Å². The molecule has 6 heterocycles. The molecule has 16 nitrogen and oxygen atoms in total. The van der Waals surface area contributed by atoms with E-state index in [1.165, 1.54) is 28.7 Å². The van der Waals surface area contributed by atoms with Crippen LogP contribution in [0.2, 0.25) is 0 Å². The topological polar surface area (TPSA) is 220 Å². The zero-order valence-electron chi connectivity index (χ0n) is 34.2. The Balaban J connectivity index is 0.000000177. The number of carbonyl (C=O) groups is 4. The number of pyridine rings is 2. The van der Waals surface area contributed by atoms with Crippen LogP contribution in [0.4, 0.5) is 10.3 Å². The number of carbonyl (C=O) groups excluding carboxylic acids is 3. The Kier molecular flexibility index (Phi) is 11.7. The lowest BCUT2D eigenvalue weighted by Gasteiger charge is -2.37. The van der Waals surface area contributed by atoms with E-state index in [0.29, 0.717) is 39.8 Å². The van der Waals surface area contributed by atoms with Crippen molar-refractivity contribution < 1.29 is 33.8 Å². The highest BCUT2D eigenvalue weighted by atomic mass is 32.1. The lowest BCUT2D eigenvalue weighted by molar-refractivity contribution is -0.125. The van der Waals surface area contributed by atoms with Crippen molar-refractivity contribution in [1.29, 1.82) is 0 Å². The van der Waals surface area contributed by atoms with Gasteiger partial charge in [0.25, 0.3) is 5.91 Å². The number of hydrogen-bond acceptors (Lipinski definition) is 14. The number of nitrogens with one attached hydrogen (secondary N) is 3. The van der Waals surface area contributed by atoms with E-state index in [2.05, 4.69) is 46.3 Å². The third kappa shape index (κ3) is 8.71.